The molecule has 2 saturated heterocycles. The van der Waals surface area contributed by atoms with Gasteiger partial charge in [0.2, 0.25) is 5.91 Å². The molecule has 0 aliphatic carbocycles. The van der Waals surface area contributed by atoms with Crippen molar-refractivity contribution in [3.05, 3.63) is 29.8 Å². The van der Waals surface area contributed by atoms with Gasteiger partial charge in [0, 0.05) is 25.1 Å². The summed E-state index contributed by atoms with van der Waals surface area (Å²) in [6, 6.07) is 7.45. The summed E-state index contributed by atoms with van der Waals surface area (Å²) >= 11 is 0. The minimum atomic E-state index is -0.331. The third-order valence-electron chi connectivity index (χ3n) is 5.49. The van der Waals surface area contributed by atoms with Crippen molar-refractivity contribution < 1.29 is 14.3 Å². The van der Waals surface area contributed by atoms with Gasteiger partial charge < -0.3 is 20.3 Å². The summed E-state index contributed by atoms with van der Waals surface area (Å²) in [6.07, 6.45) is 4.11. The van der Waals surface area contributed by atoms with Crippen molar-refractivity contribution >= 4 is 11.8 Å². The zero-order chi connectivity index (χ0) is 18.6. The SMILES string of the molecule is CNCCOc1cccc(C(=O)N2CCCC[C@]3(C)NC(=O)CC[C@H]23)c1. The van der Waals surface area contributed by atoms with E-state index in [1.807, 2.05) is 36.2 Å². The highest BCUT2D eigenvalue weighted by molar-refractivity contribution is 5.95. The molecule has 2 aliphatic heterocycles. The Morgan fingerprint density at radius 3 is 3.08 bits per heavy atom. The molecule has 0 unspecified atom stereocenters. The quantitative estimate of drug-likeness (QED) is 0.789. The maximum atomic E-state index is 13.3. The van der Waals surface area contributed by atoms with E-state index in [-0.39, 0.29) is 23.4 Å². The highest BCUT2D eigenvalue weighted by Gasteiger charge is 2.45. The molecule has 2 aliphatic rings. The molecule has 2 N–H and O–H groups in total. The van der Waals surface area contributed by atoms with Crippen molar-refractivity contribution in [2.24, 2.45) is 0 Å². The van der Waals surface area contributed by atoms with Crippen LogP contribution in [0.15, 0.2) is 24.3 Å². The highest BCUT2D eigenvalue weighted by atomic mass is 16.5. The standard InChI is InChI=1S/C20H29N3O3/c1-20-10-3-4-12-23(17(20)8-9-18(24)22-20)19(25)15-6-5-7-16(14-15)26-13-11-21-2/h5-7,14,17,21H,3-4,8-13H2,1-2H3,(H,22,24)/t17-,20-/m0/s1. The first-order chi connectivity index (χ1) is 12.5. The number of hydrogen-bond donors (Lipinski definition) is 2. The van der Waals surface area contributed by atoms with Crippen LogP contribution in [0.25, 0.3) is 0 Å². The van der Waals surface area contributed by atoms with Crippen LogP contribution in [-0.4, -0.2) is 55.0 Å². The molecule has 2 fully saturated rings. The zero-order valence-electron chi connectivity index (χ0n) is 15.7. The van der Waals surface area contributed by atoms with Crippen molar-refractivity contribution in [3.8, 4) is 5.75 Å². The lowest BCUT2D eigenvalue weighted by molar-refractivity contribution is -0.126. The van der Waals surface area contributed by atoms with Crippen LogP contribution < -0.4 is 15.4 Å². The molecule has 26 heavy (non-hydrogen) atoms. The van der Waals surface area contributed by atoms with E-state index in [4.69, 9.17) is 4.74 Å². The smallest absolute Gasteiger partial charge is 0.254 e. The normalized spacial score (nSPS) is 25.8. The first-order valence-corrected chi connectivity index (χ1v) is 9.53. The van der Waals surface area contributed by atoms with Gasteiger partial charge in [-0.05, 0) is 57.9 Å². The third kappa shape index (κ3) is 4.01. The molecule has 0 bridgehead atoms. The fourth-order valence-corrected chi connectivity index (χ4v) is 4.11. The van der Waals surface area contributed by atoms with Crippen LogP contribution in [0.1, 0.15) is 49.4 Å². The van der Waals surface area contributed by atoms with Crippen LogP contribution >= 0.6 is 0 Å². The van der Waals surface area contributed by atoms with Crippen LogP contribution in [-0.2, 0) is 4.79 Å². The molecule has 2 amide bonds. The molecule has 3 rings (SSSR count). The molecule has 6 heteroatoms. The van der Waals surface area contributed by atoms with E-state index in [2.05, 4.69) is 17.6 Å². The number of amides is 2. The van der Waals surface area contributed by atoms with Crippen molar-refractivity contribution in [2.45, 2.75) is 50.6 Å². The highest BCUT2D eigenvalue weighted by Crippen LogP contribution is 2.34. The topological polar surface area (TPSA) is 70.7 Å². The Labute approximate surface area is 155 Å². The average molecular weight is 359 g/mol. The lowest BCUT2D eigenvalue weighted by Gasteiger charge is -2.46. The third-order valence-corrected chi connectivity index (χ3v) is 5.49. The predicted octanol–water partition coefficient (Wildman–Crippen LogP) is 1.95. The second kappa shape index (κ2) is 8.08. The molecular weight excluding hydrogens is 330 g/mol. The Kier molecular flexibility index (Phi) is 5.81. The second-order valence-corrected chi connectivity index (χ2v) is 7.46. The maximum absolute atomic E-state index is 13.3. The monoisotopic (exact) mass is 359 g/mol. The summed E-state index contributed by atoms with van der Waals surface area (Å²) < 4.78 is 5.70. The molecule has 2 atom stereocenters. The molecule has 0 saturated carbocycles. The van der Waals surface area contributed by atoms with Crippen molar-refractivity contribution in [2.75, 3.05) is 26.7 Å². The van der Waals surface area contributed by atoms with Crippen molar-refractivity contribution in [1.29, 1.82) is 0 Å². The molecule has 0 spiro atoms. The maximum Gasteiger partial charge on any atom is 0.254 e. The van der Waals surface area contributed by atoms with E-state index in [9.17, 15) is 9.59 Å². The van der Waals surface area contributed by atoms with Crippen LogP contribution in [0.5, 0.6) is 5.75 Å². The van der Waals surface area contributed by atoms with Crippen LogP contribution in [0.4, 0.5) is 0 Å². The van der Waals surface area contributed by atoms with E-state index in [0.29, 0.717) is 24.3 Å². The molecule has 6 nitrogen and oxygen atoms in total. The van der Waals surface area contributed by atoms with Gasteiger partial charge in [-0.2, -0.15) is 0 Å². The van der Waals surface area contributed by atoms with Crippen molar-refractivity contribution in [1.82, 2.24) is 15.5 Å². The lowest BCUT2D eigenvalue weighted by atomic mass is 9.81. The zero-order valence-corrected chi connectivity index (χ0v) is 15.7. The molecule has 1 aromatic carbocycles. The summed E-state index contributed by atoms with van der Waals surface area (Å²) in [5.41, 5.74) is 0.315. The number of hydrogen-bond acceptors (Lipinski definition) is 4. The number of fused-ring (bicyclic) bond motifs is 1. The van der Waals surface area contributed by atoms with Crippen LogP contribution in [0, 0.1) is 0 Å². The number of nitrogens with zero attached hydrogens (tertiary/aromatic N) is 1. The summed E-state index contributed by atoms with van der Waals surface area (Å²) in [5, 5.41) is 6.19. The summed E-state index contributed by atoms with van der Waals surface area (Å²) in [5.74, 6) is 0.831. The van der Waals surface area contributed by atoms with Gasteiger partial charge in [-0.15, -0.1) is 0 Å². The van der Waals surface area contributed by atoms with Gasteiger partial charge in [0.1, 0.15) is 12.4 Å². The number of nitrogens with one attached hydrogen (secondary N) is 2. The molecule has 0 radical (unpaired) electrons. The van der Waals surface area contributed by atoms with Gasteiger partial charge >= 0.3 is 0 Å². The Bertz CT molecular complexity index is 663. The molecule has 1 aromatic rings. The van der Waals surface area contributed by atoms with Gasteiger partial charge in [0.15, 0.2) is 0 Å². The summed E-state index contributed by atoms with van der Waals surface area (Å²) in [7, 11) is 1.88. The van der Waals surface area contributed by atoms with E-state index in [1.54, 1.807) is 0 Å². The van der Waals surface area contributed by atoms with Crippen molar-refractivity contribution in [3.63, 3.8) is 0 Å². The molecule has 2 heterocycles. The van der Waals surface area contributed by atoms with E-state index >= 15 is 0 Å². The summed E-state index contributed by atoms with van der Waals surface area (Å²) in [4.78, 5) is 27.1. The first kappa shape index (κ1) is 18.7. The van der Waals surface area contributed by atoms with Crippen LogP contribution in [0.2, 0.25) is 0 Å². The molecule has 0 aromatic heterocycles. The number of carbonyl (C=O) groups is 2. The number of rotatable bonds is 5. The lowest BCUT2D eigenvalue weighted by Crippen LogP contribution is -2.63. The van der Waals surface area contributed by atoms with Gasteiger partial charge in [-0.3, -0.25) is 9.59 Å². The number of ether oxygens (including phenoxy) is 1. The minimum Gasteiger partial charge on any atom is -0.492 e. The first-order valence-electron chi connectivity index (χ1n) is 9.53. The van der Waals surface area contributed by atoms with Gasteiger partial charge in [0.25, 0.3) is 5.91 Å². The second-order valence-electron chi connectivity index (χ2n) is 7.46. The van der Waals surface area contributed by atoms with Gasteiger partial charge in [0.05, 0.1) is 11.6 Å². The molecule has 142 valence electrons. The van der Waals surface area contributed by atoms with E-state index in [0.717, 1.165) is 38.8 Å². The van der Waals surface area contributed by atoms with Crippen LogP contribution in [0.3, 0.4) is 0 Å². The van der Waals surface area contributed by atoms with Gasteiger partial charge in [-0.1, -0.05) is 6.07 Å². The van der Waals surface area contributed by atoms with E-state index in [1.165, 1.54) is 0 Å². The largest absolute Gasteiger partial charge is 0.492 e. The number of carbonyl (C=O) groups excluding carboxylic acids is 2. The predicted molar refractivity (Wildman–Crippen MR) is 100 cm³/mol. The molecular formula is C20H29N3O3. The van der Waals surface area contributed by atoms with E-state index < -0.39 is 0 Å². The number of likely N-dealkylation sites (N-methyl/N-ethyl adjacent to an activating group) is 1. The Balaban J connectivity index is 1.79. The Morgan fingerprint density at radius 1 is 1.42 bits per heavy atom. The summed E-state index contributed by atoms with van der Waals surface area (Å²) in [6.45, 7) is 4.13. The fraction of sp³-hybridized carbons (Fsp3) is 0.600. The average Bonchev–Trinajstić information content (AvgIpc) is 2.79. The minimum absolute atomic E-state index is 0.0262. The van der Waals surface area contributed by atoms with Gasteiger partial charge in [-0.25, -0.2) is 0 Å². The Hall–Kier alpha value is -2.08. The fourth-order valence-electron chi connectivity index (χ4n) is 4.11. The number of benzene rings is 1. The Morgan fingerprint density at radius 2 is 2.27 bits per heavy atom. The number of likely N-dealkylation sites (tertiary alicyclic amines) is 1. The number of piperidine rings is 1.